The Morgan fingerprint density at radius 2 is 1.70 bits per heavy atom. The largest absolute Gasteiger partial charge is 0.489 e. The normalized spacial score (nSPS) is 17.5. The molecular weight excluding hydrogens is 544 g/mol. The summed E-state index contributed by atoms with van der Waals surface area (Å²) < 4.78 is 6.13. The van der Waals surface area contributed by atoms with Crippen molar-refractivity contribution >= 4 is 17.9 Å². The Morgan fingerprint density at radius 3 is 2.39 bits per heavy atom. The fraction of sp³-hybridized carbons (Fsp3) is 0.487. The van der Waals surface area contributed by atoms with E-state index in [1.165, 1.54) is 12.0 Å². The quantitative estimate of drug-likeness (QED) is 0.121. The minimum Gasteiger partial charge on any atom is -0.489 e. The number of nitrogens with one attached hydrogen (secondary N) is 2. The van der Waals surface area contributed by atoms with Gasteiger partial charge in [0.05, 0.1) is 5.92 Å². The number of hydrogen-bond donors (Lipinski definition) is 2. The summed E-state index contributed by atoms with van der Waals surface area (Å²) in [4.78, 5) is 26.1. The van der Waals surface area contributed by atoms with Crippen molar-refractivity contribution in [3.63, 3.8) is 0 Å². The van der Waals surface area contributed by atoms with Crippen molar-refractivity contribution in [2.75, 3.05) is 18.4 Å². The van der Waals surface area contributed by atoms with Gasteiger partial charge < -0.3 is 20.2 Å². The number of fused-ring (bicyclic) bond motifs is 1. The second kappa shape index (κ2) is 17.0. The predicted molar refractivity (Wildman–Crippen MR) is 181 cm³/mol. The lowest BCUT2D eigenvalue weighted by atomic mass is 9.71. The summed E-state index contributed by atoms with van der Waals surface area (Å²) in [6.45, 7) is 10.9. The Kier molecular flexibility index (Phi) is 12.9. The van der Waals surface area contributed by atoms with Crippen LogP contribution in [0.2, 0.25) is 0 Å². The van der Waals surface area contributed by atoms with Gasteiger partial charge in [0, 0.05) is 24.7 Å². The molecule has 236 valence electrons. The van der Waals surface area contributed by atoms with E-state index < -0.39 is 0 Å². The zero-order valence-corrected chi connectivity index (χ0v) is 27.1. The summed E-state index contributed by atoms with van der Waals surface area (Å²) >= 11 is 0. The van der Waals surface area contributed by atoms with Gasteiger partial charge in [0.1, 0.15) is 18.6 Å². The number of amides is 1. The van der Waals surface area contributed by atoms with E-state index in [-0.39, 0.29) is 23.7 Å². The SMILES string of the molecule is CC(C)CC(CCCNC(=O)C1c2ccc(OCc3ccccc3)cc2CCC1CC(C=O)CNc1ccccc1)C(C)C. The molecule has 0 heterocycles. The number of ether oxygens (including phenoxy) is 1. The molecule has 4 rings (SSSR count). The number of benzene rings is 3. The Hall–Kier alpha value is -3.60. The lowest BCUT2D eigenvalue weighted by Crippen LogP contribution is -2.38. The zero-order chi connectivity index (χ0) is 31.3. The van der Waals surface area contributed by atoms with Crippen LogP contribution in [-0.2, 0) is 22.6 Å². The zero-order valence-electron chi connectivity index (χ0n) is 27.1. The molecule has 0 bridgehead atoms. The molecule has 0 saturated carbocycles. The highest BCUT2D eigenvalue weighted by molar-refractivity contribution is 5.85. The first-order chi connectivity index (χ1) is 21.3. The molecule has 0 saturated heterocycles. The van der Waals surface area contributed by atoms with Crippen LogP contribution in [0.1, 0.15) is 82.4 Å². The highest BCUT2D eigenvalue weighted by Gasteiger charge is 2.36. The smallest absolute Gasteiger partial charge is 0.227 e. The third kappa shape index (κ3) is 9.97. The lowest BCUT2D eigenvalue weighted by Gasteiger charge is -2.34. The van der Waals surface area contributed by atoms with Crippen LogP contribution in [0.5, 0.6) is 5.75 Å². The van der Waals surface area contributed by atoms with Crippen LogP contribution in [0, 0.1) is 29.6 Å². The second-order valence-electron chi connectivity index (χ2n) is 13.4. The van der Waals surface area contributed by atoms with Crippen LogP contribution in [0.3, 0.4) is 0 Å². The topological polar surface area (TPSA) is 67.4 Å². The molecular formula is C39H52N2O3. The third-order valence-corrected chi connectivity index (χ3v) is 9.14. The van der Waals surface area contributed by atoms with Gasteiger partial charge >= 0.3 is 0 Å². The van der Waals surface area contributed by atoms with Gasteiger partial charge in [0.15, 0.2) is 0 Å². The molecule has 2 N–H and O–H groups in total. The van der Waals surface area contributed by atoms with Gasteiger partial charge in [-0.25, -0.2) is 0 Å². The van der Waals surface area contributed by atoms with Crippen LogP contribution in [-0.4, -0.2) is 25.3 Å². The van der Waals surface area contributed by atoms with Crippen molar-refractivity contribution in [3.05, 3.63) is 95.6 Å². The molecule has 5 heteroatoms. The van der Waals surface area contributed by atoms with Crippen molar-refractivity contribution in [3.8, 4) is 5.75 Å². The highest BCUT2D eigenvalue weighted by Crippen LogP contribution is 2.41. The monoisotopic (exact) mass is 596 g/mol. The molecule has 1 aliphatic rings. The summed E-state index contributed by atoms with van der Waals surface area (Å²) in [6, 6.07) is 26.3. The third-order valence-electron chi connectivity index (χ3n) is 9.14. The minimum atomic E-state index is -0.280. The molecule has 5 nitrogen and oxygen atoms in total. The van der Waals surface area contributed by atoms with Crippen LogP contribution in [0.4, 0.5) is 5.69 Å². The van der Waals surface area contributed by atoms with E-state index in [4.69, 9.17) is 4.74 Å². The van der Waals surface area contributed by atoms with Crippen LogP contribution in [0.15, 0.2) is 78.9 Å². The van der Waals surface area contributed by atoms with Crippen LogP contribution in [0.25, 0.3) is 0 Å². The summed E-state index contributed by atoms with van der Waals surface area (Å²) in [5.74, 6) is 2.55. The number of aldehydes is 1. The first-order valence-electron chi connectivity index (χ1n) is 16.7. The van der Waals surface area contributed by atoms with E-state index >= 15 is 0 Å². The molecule has 4 atom stereocenters. The van der Waals surface area contributed by atoms with Gasteiger partial charge in [-0.2, -0.15) is 0 Å². The minimum absolute atomic E-state index is 0.0829. The number of carbonyl (C=O) groups is 2. The highest BCUT2D eigenvalue weighted by atomic mass is 16.5. The molecule has 3 aromatic rings. The fourth-order valence-electron chi connectivity index (χ4n) is 6.70. The maximum Gasteiger partial charge on any atom is 0.227 e. The molecule has 1 amide bonds. The number of carbonyl (C=O) groups excluding carboxylic acids is 2. The Labute approximate surface area is 265 Å². The molecule has 3 aromatic carbocycles. The average molecular weight is 597 g/mol. The fourth-order valence-corrected chi connectivity index (χ4v) is 6.70. The van der Waals surface area contributed by atoms with Gasteiger partial charge in [-0.15, -0.1) is 0 Å². The maximum absolute atomic E-state index is 13.9. The van der Waals surface area contributed by atoms with Crippen molar-refractivity contribution in [1.29, 1.82) is 0 Å². The summed E-state index contributed by atoms with van der Waals surface area (Å²) in [6.07, 6.45) is 6.81. The number of hydrogen-bond acceptors (Lipinski definition) is 4. The van der Waals surface area contributed by atoms with E-state index in [2.05, 4.69) is 62.6 Å². The van der Waals surface area contributed by atoms with E-state index in [0.717, 1.165) is 54.5 Å². The van der Waals surface area contributed by atoms with E-state index in [1.807, 2.05) is 54.6 Å². The van der Waals surface area contributed by atoms with E-state index in [0.29, 0.717) is 43.9 Å². The molecule has 0 radical (unpaired) electrons. The number of aryl methyl sites for hydroxylation is 1. The Morgan fingerprint density at radius 1 is 0.977 bits per heavy atom. The standard InChI is InChI=1S/C39H52N2O3/c1-28(2)22-32(29(3)4)14-11-21-40-39(43)38-34(23-31(26-42)25-41-35-15-9-6-10-16-35)18-17-33-24-36(19-20-37(33)38)44-27-30-12-7-5-8-13-30/h5-10,12-13,15-16,19-20,24,26,28-29,31-32,34,38,41H,11,14,17-18,21-23,25,27H2,1-4H3,(H,40,43). The molecule has 0 aromatic heterocycles. The summed E-state index contributed by atoms with van der Waals surface area (Å²) in [7, 11) is 0. The van der Waals surface area contributed by atoms with Crippen molar-refractivity contribution < 1.29 is 14.3 Å². The molecule has 0 spiro atoms. The predicted octanol–water partition coefficient (Wildman–Crippen LogP) is 8.44. The number of rotatable bonds is 17. The van der Waals surface area contributed by atoms with Gasteiger partial charge in [-0.05, 0) is 103 Å². The molecule has 4 unspecified atom stereocenters. The van der Waals surface area contributed by atoms with Gasteiger partial charge in [-0.3, -0.25) is 4.79 Å². The average Bonchev–Trinajstić information content (AvgIpc) is 3.03. The summed E-state index contributed by atoms with van der Waals surface area (Å²) in [5.41, 5.74) is 4.38. The maximum atomic E-state index is 13.9. The Balaban J connectivity index is 1.45. The van der Waals surface area contributed by atoms with Crippen LogP contribution < -0.4 is 15.4 Å². The van der Waals surface area contributed by atoms with Crippen molar-refractivity contribution in [1.82, 2.24) is 5.32 Å². The molecule has 0 fully saturated rings. The van der Waals surface area contributed by atoms with Gasteiger partial charge in [0.25, 0.3) is 0 Å². The first-order valence-corrected chi connectivity index (χ1v) is 16.7. The van der Waals surface area contributed by atoms with Gasteiger partial charge in [-0.1, -0.05) is 82.3 Å². The summed E-state index contributed by atoms with van der Waals surface area (Å²) in [5, 5.41) is 6.72. The number of para-hydroxylation sites is 1. The second-order valence-corrected chi connectivity index (χ2v) is 13.4. The first kappa shape index (κ1) is 33.3. The molecule has 1 aliphatic carbocycles. The van der Waals surface area contributed by atoms with Gasteiger partial charge in [0.2, 0.25) is 5.91 Å². The Bertz CT molecular complexity index is 1290. The number of anilines is 1. The van der Waals surface area contributed by atoms with Crippen molar-refractivity contribution in [2.24, 2.45) is 29.6 Å². The van der Waals surface area contributed by atoms with Crippen LogP contribution >= 0.6 is 0 Å². The van der Waals surface area contributed by atoms with Crippen molar-refractivity contribution in [2.45, 2.75) is 78.7 Å². The van der Waals surface area contributed by atoms with E-state index in [1.54, 1.807) is 0 Å². The lowest BCUT2D eigenvalue weighted by molar-refractivity contribution is -0.124. The molecule has 44 heavy (non-hydrogen) atoms. The molecule has 0 aliphatic heterocycles. The van der Waals surface area contributed by atoms with E-state index in [9.17, 15) is 9.59 Å².